The maximum Gasteiger partial charge on any atom is 0.145 e. The van der Waals surface area contributed by atoms with E-state index in [1.165, 1.54) is 0 Å². The average Bonchev–Trinajstić information content (AvgIpc) is 2.34. The fraction of sp³-hybridized carbons (Fsp3) is 0.154. The van der Waals surface area contributed by atoms with Crippen molar-refractivity contribution in [3.63, 3.8) is 0 Å². The number of methoxy groups -OCH3 is 1. The third-order valence-corrected chi connectivity index (χ3v) is 2.32. The zero-order valence-electron chi connectivity index (χ0n) is 9.81. The number of benzene rings is 1. The highest BCUT2D eigenvalue weighted by Gasteiger charge is 2.03. The van der Waals surface area contributed by atoms with Crippen molar-refractivity contribution in [3.05, 3.63) is 42.2 Å². The van der Waals surface area contributed by atoms with Gasteiger partial charge >= 0.3 is 0 Å². The highest BCUT2D eigenvalue weighted by molar-refractivity contribution is 5.56. The first kappa shape index (κ1) is 11.3. The van der Waals surface area contributed by atoms with Gasteiger partial charge in [0, 0.05) is 11.8 Å². The van der Waals surface area contributed by atoms with Crippen molar-refractivity contribution in [2.45, 2.75) is 6.92 Å². The van der Waals surface area contributed by atoms with E-state index in [0.29, 0.717) is 22.9 Å². The molecule has 2 N–H and O–H groups in total. The highest BCUT2D eigenvalue weighted by atomic mass is 16.5. The van der Waals surface area contributed by atoms with Crippen LogP contribution >= 0.6 is 0 Å². The highest BCUT2D eigenvalue weighted by Crippen LogP contribution is 2.29. The van der Waals surface area contributed by atoms with Gasteiger partial charge in [-0.25, -0.2) is 0 Å². The average molecular weight is 230 g/mol. The minimum atomic E-state index is 0.585. The molecule has 0 aliphatic heterocycles. The largest absolute Gasteiger partial charge is 0.494 e. The van der Waals surface area contributed by atoms with Crippen LogP contribution in [0.2, 0.25) is 0 Å². The number of aryl methyl sites for hydroxylation is 1. The summed E-state index contributed by atoms with van der Waals surface area (Å²) in [6, 6.07) is 9.04. The number of ether oxygens (including phenoxy) is 2. The molecule has 17 heavy (non-hydrogen) atoms. The lowest BCUT2D eigenvalue weighted by molar-refractivity contribution is 0.411. The second kappa shape index (κ2) is 4.74. The number of hydrogen-bond donors (Lipinski definition) is 1. The molecule has 0 aliphatic rings. The Kier molecular flexibility index (Phi) is 3.14. The number of pyridine rings is 1. The summed E-state index contributed by atoms with van der Waals surface area (Å²) >= 11 is 0. The molecule has 0 fully saturated rings. The van der Waals surface area contributed by atoms with E-state index < -0.39 is 0 Å². The molecular weight excluding hydrogens is 216 g/mol. The Balaban J connectivity index is 2.21. The van der Waals surface area contributed by atoms with E-state index in [0.717, 1.165) is 5.69 Å². The maximum absolute atomic E-state index is 5.72. The van der Waals surface area contributed by atoms with Gasteiger partial charge in [-0.15, -0.1) is 0 Å². The van der Waals surface area contributed by atoms with Crippen LogP contribution in [0.5, 0.6) is 17.2 Å². The molecule has 2 aromatic rings. The first-order chi connectivity index (χ1) is 8.19. The SMILES string of the molecule is COc1cc(Oc2ccc(C)nc2)ccc1N. The van der Waals surface area contributed by atoms with Gasteiger partial charge in [0.15, 0.2) is 0 Å². The van der Waals surface area contributed by atoms with Gasteiger partial charge in [0.25, 0.3) is 0 Å². The van der Waals surface area contributed by atoms with Crippen molar-refractivity contribution in [1.29, 1.82) is 0 Å². The Morgan fingerprint density at radius 2 is 1.88 bits per heavy atom. The van der Waals surface area contributed by atoms with Crippen molar-refractivity contribution in [1.82, 2.24) is 4.98 Å². The fourth-order valence-electron chi connectivity index (χ4n) is 1.41. The lowest BCUT2D eigenvalue weighted by Crippen LogP contribution is -1.93. The molecule has 88 valence electrons. The quantitative estimate of drug-likeness (QED) is 0.824. The van der Waals surface area contributed by atoms with Crippen LogP contribution in [0.3, 0.4) is 0 Å². The smallest absolute Gasteiger partial charge is 0.145 e. The maximum atomic E-state index is 5.72. The van der Waals surface area contributed by atoms with Crippen molar-refractivity contribution < 1.29 is 9.47 Å². The predicted molar refractivity (Wildman–Crippen MR) is 66.5 cm³/mol. The lowest BCUT2D eigenvalue weighted by Gasteiger charge is -2.09. The number of anilines is 1. The molecule has 0 atom stereocenters. The van der Waals surface area contributed by atoms with E-state index in [1.807, 2.05) is 19.1 Å². The summed E-state index contributed by atoms with van der Waals surface area (Å²) in [5.41, 5.74) is 7.26. The lowest BCUT2D eigenvalue weighted by atomic mass is 10.3. The third-order valence-electron chi connectivity index (χ3n) is 2.32. The summed E-state index contributed by atoms with van der Waals surface area (Å²) in [4.78, 5) is 4.15. The predicted octanol–water partition coefficient (Wildman–Crippen LogP) is 2.77. The van der Waals surface area contributed by atoms with Crippen molar-refractivity contribution >= 4 is 5.69 Å². The molecule has 4 heteroatoms. The molecule has 0 unspecified atom stereocenters. The van der Waals surface area contributed by atoms with Crippen LogP contribution in [0.1, 0.15) is 5.69 Å². The van der Waals surface area contributed by atoms with Crippen LogP contribution in [-0.2, 0) is 0 Å². The third kappa shape index (κ3) is 2.66. The van der Waals surface area contributed by atoms with Crippen molar-refractivity contribution in [3.8, 4) is 17.2 Å². The molecule has 1 aromatic carbocycles. The molecule has 1 heterocycles. The molecule has 0 aliphatic carbocycles. The van der Waals surface area contributed by atoms with E-state index in [2.05, 4.69) is 4.98 Å². The topological polar surface area (TPSA) is 57.4 Å². The molecule has 0 bridgehead atoms. The van der Waals surface area contributed by atoms with Gasteiger partial charge in [-0.1, -0.05) is 0 Å². The molecule has 0 amide bonds. The minimum Gasteiger partial charge on any atom is -0.494 e. The number of hydrogen-bond acceptors (Lipinski definition) is 4. The van der Waals surface area contributed by atoms with E-state index in [9.17, 15) is 0 Å². The van der Waals surface area contributed by atoms with Gasteiger partial charge < -0.3 is 15.2 Å². The van der Waals surface area contributed by atoms with Crippen LogP contribution < -0.4 is 15.2 Å². The Morgan fingerprint density at radius 1 is 1.12 bits per heavy atom. The van der Waals surface area contributed by atoms with Gasteiger partial charge in [0.05, 0.1) is 19.0 Å². The molecule has 0 saturated carbocycles. The molecule has 1 aromatic heterocycles. The van der Waals surface area contributed by atoms with Gasteiger partial charge in [0.2, 0.25) is 0 Å². The molecule has 4 nitrogen and oxygen atoms in total. The van der Waals surface area contributed by atoms with Crippen molar-refractivity contribution in [2.75, 3.05) is 12.8 Å². The second-order valence-corrected chi connectivity index (χ2v) is 3.64. The Hall–Kier alpha value is -2.23. The van der Waals surface area contributed by atoms with Crippen LogP contribution in [0.4, 0.5) is 5.69 Å². The standard InChI is InChI=1S/C13H14N2O2/c1-9-3-4-11(8-15-9)17-10-5-6-12(14)13(7-10)16-2/h3-8H,14H2,1-2H3. The van der Waals surface area contributed by atoms with Crippen LogP contribution in [0, 0.1) is 6.92 Å². The first-order valence-electron chi connectivity index (χ1n) is 5.23. The summed E-state index contributed by atoms with van der Waals surface area (Å²) in [6.07, 6.45) is 1.68. The summed E-state index contributed by atoms with van der Waals surface area (Å²) < 4.78 is 10.8. The zero-order chi connectivity index (χ0) is 12.3. The Labute approximate surface area is 100 Å². The summed E-state index contributed by atoms with van der Waals surface area (Å²) in [5, 5.41) is 0. The summed E-state index contributed by atoms with van der Waals surface area (Å²) in [6.45, 7) is 1.93. The number of nitrogens with two attached hydrogens (primary N) is 1. The van der Waals surface area contributed by atoms with Crippen LogP contribution in [-0.4, -0.2) is 12.1 Å². The summed E-state index contributed by atoms with van der Waals surface area (Å²) in [7, 11) is 1.57. The molecule has 2 rings (SSSR count). The van der Waals surface area contributed by atoms with Gasteiger partial charge in [0.1, 0.15) is 17.2 Å². The molecular formula is C13H14N2O2. The fourth-order valence-corrected chi connectivity index (χ4v) is 1.41. The van der Waals surface area contributed by atoms with E-state index in [-0.39, 0.29) is 0 Å². The molecule has 0 saturated heterocycles. The zero-order valence-corrected chi connectivity index (χ0v) is 9.81. The van der Waals surface area contributed by atoms with E-state index >= 15 is 0 Å². The number of nitrogen functional groups attached to an aromatic ring is 1. The van der Waals surface area contributed by atoms with E-state index in [4.69, 9.17) is 15.2 Å². The second-order valence-electron chi connectivity index (χ2n) is 3.64. The monoisotopic (exact) mass is 230 g/mol. The van der Waals surface area contributed by atoms with Gasteiger partial charge in [-0.05, 0) is 31.2 Å². The Morgan fingerprint density at radius 3 is 2.53 bits per heavy atom. The van der Waals surface area contributed by atoms with Crippen LogP contribution in [0.25, 0.3) is 0 Å². The first-order valence-corrected chi connectivity index (χ1v) is 5.23. The van der Waals surface area contributed by atoms with Gasteiger partial charge in [-0.3, -0.25) is 4.98 Å². The summed E-state index contributed by atoms with van der Waals surface area (Å²) in [5.74, 6) is 1.95. The molecule has 0 radical (unpaired) electrons. The molecule has 0 spiro atoms. The number of aromatic nitrogens is 1. The number of nitrogens with zero attached hydrogens (tertiary/aromatic N) is 1. The van der Waals surface area contributed by atoms with E-state index in [1.54, 1.807) is 31.5 Å². The number of rotatable bonds is 3. The normalized spacial score (nSPS) is 10.0. The minimum absolute atomic E-state index is 0.585. The van der Waals surface area contributed by atoms with Gasteiger partial charge in [-0.2, -0.15) is 0 Å². The van der Waals surface area contributed by atoms with Crippen molar-refractivity contribution in [2.24, 2.45) is 0 Å². The van der Waals surface area contributed by atoms with Crippen LogP contribution in [0.15, 0.2) is 36.5 Å². The Bertz CT molecular complexity index is 509.